The molecular weight excluding hydrogens is 262 g/mol. The average molecular weight is 281 g/mol. The highest BCUT2D eigenvalue weighted by molar-refractivity contribution is 5.99. The number of hydrogen-bond acceptors (Lipinski definition) is 6. The van der Waals surface area contributed by atoms with Crippen LogP contribution in [0.5, 0.6) is 0 Å². The first-order valence-electron chi connectivity index (χ1n) is 6.21. The van der Waals surface area contributed by atoms with Crippen molar-refractivity contribution in [3.8, 4) is 0 Å². The minimum Gasteiger partial charge on any atom is -0.351 e. The Morgan fingerprint density at radius 1 is 1.50 bits per heavy atom. The number of amides is 1. The Labute approximate surface area is 117 Å². The fourth-order valence-corrected chi connectivity index (χ4v) is 1.58. The summed E-state index contributed by atoms with van der Waals surface area (Å²) >= 11 is 0. The number of nitrogen functional groups attached to an aromatic ring is 1. The third-order valence-electron chi connectivity index (χ3n) is 2.92. The first kappa shape index (κ1) is 15.9. The number of nitrogens with zero attached hydrogens (tertiary/aromatic N) is 2. The minimum atomic E-state index is -0.590. The molecule has 0 atom stereocenters. The van der Waals surface area contributed by atoms with E-state index in [1.807, 2.05) is 18.9 Å². The molecule has 8 heteroatoms. The van der Waals surface area contributed by atoms with E-state index >= 15 is 0 Å². The summed E-state index contributed by atoms with van der Waals surface area (Å²) < 4.78 is 0. The first-order chi connectivity index (χ1) is 9.49. The van der Waals surface area contributed by atoms with Crippen LogP contribution in [0.4, 0.5) is 11.4 Å². The second kappa shape index (κ2) is 7.41. The largest absolute Gasteiger partial charge is 0.351 e. The van der Waals surface area contributed by atoms with Crippen LogP contribution in [0.1, 0.15) is 17.3 Å². The van der Waals surface area contributed by atoms with Crippen molar-refractivity contribution >= 4 is 17.3 Å². The molecule has 0 bridgehead atoms. The van der Waals surface area contributed by atoms with Gasteiger partial charge in [0.15, 0.2) is 0 Å². The van der Waals surface area contributed by atoms with Crippen molar-refractivity contribution in [1.82, 2.24) is 10.2 Å². The lowest BCUT2D eigenvalue weighted by Crippen LogP contribution is -2.33. The number of benzene rings is 1. The van der Waals surface area contributed by atoms with E-state index in [4.69, 9.17) is 5.84 Å². The summed E-state index contributed by atoms with van der Waals surface area (Å²) in [7, 11) is 1.92. The van der Waals surface area contributed by atoms with Crippen LogP contribution in [-0.2, 0) is 0 Å². The molecule has 110 valence electrons. The van der Waals surface area contributed by atoms with Crippen molar-refractivity contribution in [1.29, 1.82) is 0 Å². The third kappa shape index (κ3) is 4.18. The van der Waals surface area contributed by atoms with Crippen LogP contribution < -0.4 is 16.6 Å². The standard InChI is InChI=1S/C12H19N5O3/c1-3-16(2)7-6-14-12(18)10-8-9(15-13)4-5-11(10)17(19)20/h4-5,8,15H,3,6-7,13H2,1-2H3,(H,14,18). The van der Waals surface area contributed by atoms with Crippen molar-refractivity contribution in [2.75, 3.05) is 32.1 Å². The molecule has 20 heavy (non-hydrogen) atoms. The Hall–Kier alpha value is -2.19. The zero-order valence-electron chi connectivity index (χ0n) is 11.5. The van der Waals surface area contributed by atoms with Crippen molar-refractivity contribution in [2.45, 2.75) is 6.92 Å². The van der Waals surface area contributed by atoms with Crippen molar-refractivity contribution in [3.63, 3.8) is 0 Å². The molecule has 4 N–H and O–H groups in total. The van der Waals surface area contributed by atoms with Gasteiger partial charge >= 0.3 is 0 Å². The second-order valence-electron chi connectivity index (χ2n) is 4.29. The van der Waals surface area contributed by atoms with Crippen LogP contribution in [0.2, 0.25) is 0 Å². The van der Waals surface area contributed by atoms with Crippen molar-refractivity contribution < 1.29 is 9.72 Å². The predicted molar refractivity (Wildman–Crippen MR) is 76.4 cm³/mol. The number of nitrogens with one attached hydrogen (secondary N) is 2. The maximum atomic E-state index is 12.0. The van der Waals surface area contributed by atoms with Crippen molar-refractivity contribution in [2.24, 2.45) is 5.84 Å². The lowest BCUT2D eigenvalue weighted by Gasteiger charge is -2.14. The molecule has 1 aromatic rings. The highest BCUT2D eigenvalue weighted by atomic mass is 16.6. The molecule has 0 heterocycles. The number of nitro benzene ring substituents is 1. The number of nitro groups is 1. The summed E-state index contributed by atoms with van der Waals surface area (Å²) in [5.74, 6) is 4.76. The normalized spacial score (nSPS) is 10.4. The van der Waals surface area contributed by atoms with E-state index in [9.17, 15) is 14.9 Å². The Morgan fingerprint density at radius 2 is 2.20 bits per heavy atom. The van der Waals surface area contributed by atoms with Crippen LogP contribution in [0, 0.1) is 10.1 Å². The molecule has 0 unspecified atom stereocenters. The third-order valence-corrected chi connectivity index (χ3v) is 2.92. The van der Waals surface area contributed by atoms with Gasteiger partial charge in [0, 0.05) is 24.8 Å². The summed E-state index contributed by atoms with van der Waals surface area (Å²) in [6, 6.07) is 4.05. The monoisotopic (exact) mass is 281 g/mol. The number of likely N-dealkylation sites (N-methyl/N-ethyl adjacent to an activating group) is 1. The van der Waals surface area contributed by atoms with E-state index in [1.54, 1.807) is 0 Å². The Balaban J connectivity index is 2.82. The number of rotatable bonds is 7. The molecule has 0 saturated carbocycles. The Morgan fingerprint density at radius 3 is 2.75 bits per heavy atom. The highest BCUT2D eigenvalue weighted by Gasteiger charge is 2.20. The SMILES string of the molecule is CCN(C)CCNC(=O)c1cc(NN)ccc1[N+](=O)[O-]. The fourth-order valence-electron chi connectivity index (χ4n) is 1.58. The van der Waals surface area contributed by atoms with E-state index in [2.05, 4.69) is 10.7 Å². The van der Waals surface area contributed by atoms with Crippen LogP contribution in [0.3, 0.4) is 0 Å². The maximum Gasteiger partial charge on any atom is 0.282 e. The molecule has 1 aromatic carbocycles. The lowest BCUT2D eigenvalue weighted by molar-refractivity contribution is -0.385. The summed E-state index contributed by atoms with van der Waals surface area (Å²) in [4.78, 5) is 24.4. The maximum absolute atomic E-state index is 12.0. The average Bonchev–Trinajstić information content (AvgIpc) is 2.45. The molecular formula is C12H19N5O3. The Bertz CT molecular complexity index is 492. The van der Waals surface area contributed by atoms with Crippen LogP contribution in [0.25, 0.3) is 0 Å². The van der Waals surface area contributed by atoms with Gasteiger partial charge in [-0.2, -0.15) is 0 Å². The van der Waals surface area contributed by atoms with Gasteiger partial charge in [-0.25, -0.2) is 0 Å². The van der Waals surface area contributed by atoms with Gasteiger partial charge in [0.1, 0.15) is 5.56 Å². The van der Waals surface area contributed by atoms with E-state index < -0.39 is 10.8 Å². The molecule has 0 saturated heterocycles. The van der Waals surface area contributed by atoms with Gasteiger partial charge in [0.25, 0.3) is 11.6 Å². The Kier molecular flexibility index (Phi) is 5.88. The van der Waals surface area contributed by atoms with Crippen molar-refractivity contribution in [3.05, 3.63) is 33.9 Å². The molecule has 8 nitrogen and oxygen atoms in total. The number of hydrogen-bond donors (Lipinski definition) is 3. The number of carbonyl (C=O) groups is 1. The van der Waals surface area contributed by atoms with Gasteiger partial charge in [-0.1, -0.05) is 6.92 Å². The molecule has 0 spiro atoms. The molecule has 0 radical (unpaired) electrons. The molecule has 1 amide bonds. The molecule has 0 aliphatic heterocycles. The van der Waals surface area contributed by atoms with Gasteiger partial charge in [0.05, 0.1) is 4.92 Å². The zero-order chi connectivity index (χ0) is 15.1. The smallest absolute Gasteiger partial charge is 0.282 e. The van der Waals surface area contributed by atoms with E-state index in [0.29, 0.717) is 18.8 Å². The number of nitrogens with two attached hydrogens (primary N) is 1. The van der Waals surface area contributed by atoms with Gasteiger partial charge in [-0.15, -0.1) is 0 Å². The van der Waals surface area contributed by atoms with E-state index in [0.717, 1.165) is 6.54 Å². The molecule has 0 aromatic heterocycles. The van der Waals surface area contributed by atoms with Gasteiger partial charge in [-0.05, 0) is 25.7 Å². The molecule has 1 rings (SSSR count). The quantitative estimate of drug-likeness (QED) is 0.382. The minimum absolute atomic E-state index is 0.00963. The molecule has 0 fully saturated rings. The topological polar surface area (TPSA) is 114 Å². The van der Waals surface area contributed by atoms with E-state index in [1.165, 1.54) is 18.2 Å². The van der Waals surface area contributed by atoms with Gasteiger partial charge in [-0.3, -0.25) is 20.8 Å². The first-order valence-corrected chi connectivity index (χ1v) is 6.21. The second-order valence-corrected chi connectivity index (χ2v) is 4.29. The highest BCUT2D eigenvalue weighted by Crippen LogP contribution is 2.22. The molecule has 0 aliphatic carbocycles. The fraction of sp³-hybridized carbons (Fsp3) is 0.417. The summed E-state index contributed by atoms with van der Waals surface area (Å²) in [6.07, 6.45) is 0. The number of carbonyl (C=O) groups excluding carboxylic acids is 1. The van der Waals surface area contributed by atoms with Gasteiger partial charge < -0.3 is 15.6 Å². The van der Waals surface area contributed by atoms with Crippen LogP contribution in [0.15, 0.2) is 18.2 Å². The zero-order valence-corrected chi connectivity index (χ0v) is 11.5. The summed E-state index contributed by atoms with van der Waals surface area (Å²) in [6.45, 7) is 3.96. The lowest BCUT2D eigenvalue weighted by atomic mass is 10.1. The van der Waals surface area contributed by atoms with Gasteiger partial charge in [0.2, 0.25) is 0 Å². The summed E-state index contributed by atoms with van der Waals surface area (Å²) in [5.41, 5.74) is 2.54. The number of anilines is 1. The molecule has 0 aliphatic rings. The number of hydrazine groups is 1. The predicted octanol–water partition coefficient (Wildman–Crippen LogP) is 0.562. The van der Waals surface area contributed by atoms with Crippen LogP contribution >= 0.6 is 0 Å². The van der Waals surface area contributed by atoms with Crippen LogP contribution in [-0.4, -0.2) is 42.4 Å². The van der Waals surface area contributed by atoms with E-state index in [-0.39, 0.29) is 11.3 Å². The summed E-state index contributed by atoms with van der Waals surface area (Å²) in [5, 5.41) is 13.6.